The molecule has 1 aromatic rings. The monoisotopic (exact) mass is 326 g/mol. The summed E-state index contributed by atoms with van der Waals surface area (Å²) in [6.07, 6.45) is 2.27. The lowest BCUT2D eigenvalue weighted by molar-refractivity contribution is 0.0541. The molecule has 1 amide bonds. The van der Waals surface area contributed by atoms with Gasteiger partial charge in [-0.25, -0.2) is 0 Å². The molecule has 19 heavy (non-hydrogen) atoms. The predicted molar refractivity (Wildman–Crippen MR) is 75.5 cm³/mol. The number of hydrogen-bond acceptors (Lipinski definition) is 5. The van der Waals surface area contributed by atoms with Gasteiger partial charge in [0.05, 0.1) is 6.10 Å². The van der Waals surface area contributed by atoms with Crippen molar-refractivity contribution in [1.82, 2.24) is 9.88 Å². The molecule has 0 atom stereocenters. The van der Waals surface area contributed by atoms with Gasteiger partial charge < -0.3 is 15.7 Å². The van der Waals surface area contributed by atoms with E-state index in [2.05, 4.69) is 20.9 Å². The molecule has 2 heterocycles. The lowest BCUT2D eigenvalue weighted by Gasteiger charge is -2.29. The predicted octanol–water partition coefficient (Wildman–Crippen LogP) is 0.981. The minimum absolute atomic E-state index is 0.137. The summed E-state index contributed by atoms with van der Waals surface area (Å²) in [4.78, 5) is 17.9. The Labute approximate surface area is 119 Å². The summed E-state index contributed by atoms with van der Waals surface area (Å²) in [6.45, 7) is 1.05. The number of aromatic nitrogens is 1. The van der Waals surface area contributed by atoms with E-state index in [9.17, 15) is 9.90 Å². The Kier molecular flexibility index (Phi) is 4.16. The third kappa shape index (κ3) is 3.10. The second kappa shape index (κ2) is 5.66. The van der Waals surface area contributed by atoms with Crippen molar-refractivity contribution in [2.45, 2.75) is 18.9 Å². The maximum atomic E-state index is 12.2. The summed E-state index contributed by atoms with van der Waals surface area (Å²) in [7, 11) is 0. The number of aliphatic hydroxyl groups is 1. The highest BCUT2D eigenvalue weighted by molar-refractivity contribution is 9.18. The van der Waals surface area contributed by atoms with Gasteiger partial charge in [-0.15, -0.1) is 0 Å². The largest absolute Gasteiger partial charge is 0.398 e. The Morgan fingerprint density at radius 1 is 1.53 bits per heavy atom. The number of carbonyl (C=O) groups excluding carboxylic acids is 1. The van der Waals surface area contributed by atoms with Crippen molar-refractivity contribution in [3.05, 3.63) is 23.5 Å². The number of nitrogens with two attached hydrogens (primary N) is 1. The fourth-order valence-corrected chi connectivity index (χ4v) is 2.33. The van der Waals surface area contributed by atoms with Crippen molar-refractivity contribution in [1.29, 1.82) is 5.41 Å². The first kappa shape index (κ1) is 14.0. The van der Waals surface area contributed by atoms with Gasteiger partial charge in [0.2, 0.25) is 0 Å². The number of hydrogen-bond donors (Lipinski definition) is 3. The molecule has 0 unspecified atom stereocenters. The van der Waals surface area contributed by atoms with Gasteiger partial charge in [-0.3, -0.25) is 15.2 Å². The number of rotatable bonds is 2. The quantitative estimate of drug-likeness (QED) is 0.705. The number of nitrogens with zero attached hydrogens (tertiary/aromatic N) is 2. The van der Waals surface area contributed by atoms with Crippen LogP contribution in [0.25, 0.3) is 0 Å². The Morgan fingerprint density at radius 3 is 2.68 bits per heavy atom. The Balaban J connectivity index is 2.16. The maximum absolute atomic E-state index is 12.2. The van der Waals surface area contributed by atoms with Gasteiger partial charge in [0, 0.05) is 30.5 Å². The number of aliphatic hydroxyl groups excluding tert-OH is 1. The maximum Gasteiger partial charge on any atom is 0.272 e. The average Bonchev–Trinajstić information content (AvgIpc) is 2.38. The molecule has 0 bridgehead atoms. The number of nitrogen functional groups attached to an aromatic ring is 1. The van der Waals surface area contributed by atoms with Crippen molar-refractivity contribution in [2.24, 2.45) is 0 Å². The van der Waals surface area contributed by atoms with Crippen LogP contribution >= 0.6 is 15.9 Å². The number of piperidine rings is 1. The molecule has 6 nitrogen and oxygen atoms in total. The number of amides is 1. The molecule has 4 N–H and O–H groups in total. The van der Waals surface area contributed by atoms with Gasteiger partial charge in [0.25, 0.3) is 5.91 Å². The zero-order valence-corrected chi connectivity index (χ0v) is 11.9. The molecular weight excluding hydrogens is 312 g/mol. The topological polar surface area (TPSA) is 103 Å². The first-order valence-corrected chi connectivity index (χ1v) is 6.75. The Bertz CT molecular complexity index is 512. The second-order valence-corrected chi connectivity index (χ2v) is 5.29. The van der Waals surface area contributed by atoms with Crippen LogP contribution in [0.1, 0.15) is 28.9 Å². The van der Waals surface area contributed by atoms with Gasteiger partial charge in [-0.2, -0.15) is 0 Å². The summed E-state index contributed by atoms with van der Waals surface area (Å²) < 4.78 is 0.137. The molecule has 102 valence electrons. The van der Waals surface area contributed by atoms with Crippen molar-refractivity contribution in [2.75, 3.05) is 18.8 Å². The van der Waals surface area contributed by atoms with Crippen LogP contribution in [-0.2, 0) is 0 Å². The zero-order valence-electron chi connectivity index (χ0n) is 10.3. The molecule has 1 aliphatic heterocycles. The molecule has 2 rings (SSSR count). The van der Waals surface area contributed by atoms with Gasteiger partial charge in [-0.05, 0) is 34.8 Å². The fourth-order valence-electron chi connectivity index (χ4n) is 2.00. The normalized spacial score (nSPS) is 16.4. The van der Waals surface area contributed by atoms with E-state index in [1.165, 1.54) is 12.3 Å². The third-order valence-electron chi connectivity index (χ3n) is 3.14. The molecule has 0 aromatic carbocycles. The van der Waals surface area contributed by atoms with E-state index in [0.717, 1.165) is 0 Å². The van der Waals surface area contributed by atoms with Crippen molar-refractivity contribution in [3.8, 4) is 0 Å². The van der Waals surface area contributed by atoms with Crippen LogP contribution in [0, 0.1) is 5.41 Å². The van der Waals surface area contributed by atoms with Gasteiger partial charge in [0.1, 0.15) is 10.3 Å². The minimum atomic E-state index is -0.321. The first-order chi connectivity index (χ1) is 8.99. The molecule has 0 aliphatic carbocycles. The van der Waals surface area contributed by atoms with Crippen LogP contribution in [0.4, 0.5) is 5.69 Å². The van der Waals surface area contributed by atoms with Gasteiger partial charge >= 0.3 is 0 Å². The highest BCUT2D eigenvalue weighted by Gasteiger charge is 2.23. The molecule has 0 saturated carbocycles. The molecule has 1 fully saturated rings. The van der Waals surface area contributed by atoms with Crippen LogP contribution in [0.5, 0.6) is 0 Å². The third-order valence-corrected chi connectivity index (χ3v) is 3.57. The summed E-state index contributed by atoms with van der Waals surface area (Å²) in [5.74, 6) is -0.189. The van der Waals surface area contributed by atoms with Crippen LogP contribution < -0.4 is 5.73 Å². The highest BCUT2D eigenvalue weighted by Crippen LogP contribution is 2.18. The van der Waals surface area contributed by atoms with Crippen molar-refractivity contribution >= 4 is 32.1 Å². The standard InChI is InChI=1S/C12H15BrN4O2/c13-11(15)8-6-16-10(5-9(8)14)12(19)17-3-1-7(18)2-4-17/h5-7,15,18H,1-4H2,(H2,14,16). The Morgan fingerprint density at radius 2 is 2.16 bits per heavy atom. The van der Waals surface area contributed by atoms with E-state index >= 15 is 0 Å². The zero-order chi connectivity index (χ0) is 14.0. The molecular formula is C12H15BrN4O2. The number of pyridine rings is 1. The number of likely N-dealkylation sites (tertiary alicyclic amines) is 1. The SMILES string of the molecule is N=C(Br)c1cnc(C(=O)N2CCC(O)CC2)cc1N. The molecule has 1 aliphatic rings. The average molecular weight is 327 g/mol. The van der Waals surface area contributed by atoms with Crippen LogP contribution in [-0.4, -0.2) is 44.7 Å². The van der Waals surface area contributed by atoms with Crippen molar-refractivity contribution in [3.63, 3.8) is 0 Å². The van der Waals surface area contributed by atoms with E-state index in [0.29, 0.717) is 37.2 Å². The number of anilines is 1. The molecule has 1 saturated heterocycles. The lowest BCUT2D eigenvalue weighted by atomic mass is 10.1. The Hall–Kier alpha value is -1.47. The molecule has 1 aromatic heterocycles. The van der Waals surface area contributed by atoms with E-state index in [-0.39, 0.29) is 22.3 Å². The summed E-state index contributed by atoms with van der Waals surface area (Å²) in [5, 5.41) is 16.9. The van der Waals surface area contributed by atoms with Crippen LogP contribution in [0.3, 0.4) is 0 Å². The number of carbonyl (C=O) groups is 1. The van der Waals surface area contributed by atoms with Gasteiger partial charge in [-0.1, -0.05) is 0 Å². The smallest absolute Gasteiger partial charge is 0.272 e. The summed E-state index contributed by atoms with van der Waals surface area (Å²) in [6, 6.07) is 1.48. The molecule has 7 heteroatoms. The second-order valence-electron chi connectivity index (χ2n) is 4.49. The lowest BCUT2D eigenvalue weighted by Crippen LogP contribution is -2.40. The molecule has 0 spiro atoms. The summed E-state index contributed by atoms with van der Waals surface area (Å²) >= 11 is 3.02. The number of nitrogens with one attached hydrogen (secondary N) is 1. The van der Waals surface area contributed by atoms with E-state index in [4.69, 9.17) is 11.1 Å². The van der Waals surface area contributed by atoms with Crippen LogP contribution in [0.15, 0.2) is 12.3 Å². The van der Waals surface area contributed by atoms with E-state index < -0.39 is 0 Å². The molecule has 0 radical (unpaired) electrons. The van der Waals surface area contributed by atoms with Crippen molar-refractivity contribution < 1.29 is 9.90 Å². The fraction of sp³-hybridized carbons (Fsp3) is 0.417. The van der Waals surface area contributed by atoms with E-state index in [1.54, 1.807) is 4.90 Å². The number of halogens is 1. The minimum Gasteiger partial charge on any atom is -0.398 e. The first-order valence-electron chi connectivity index (χ1n) is 5.96. The van der Waals surface area contributed by atoms with Gasteiger partial charge in [0.15, 0.2) is 0 Å². The highest BCUT2D eigenvalue weighted by atomic mass is 79.9. The van der Waals surface area contributed by atoms with E-state index in [1.807, 2.05) is 0 Å². The summed E-state index contributed by atoms with van der Waals surface area (Å²) in [5.41, 5.74) is 6.87. The van der Waals surface area contributed by atoms with Crippen LogP contribution in [0.2, 0.25) is 0 Å².